The van der Waals surface area contributed by atoms with E-state index in [9.17, 15) is 0 Å². The Morgan fingerprint density at radius 3 is 2.52 bits per heavy atom. The van der Waals surface area contributed by atoms with Gasteiger partial charge in [0.2, 0.25) is 0 Å². The summed E-state index contributed by atoms with van der Waals surface area (Å²) >= 11 is 0. The SMILES string of the molecule is CC(C)N1CCC(N2CC3(C2)OCc2nc(C4CCCCC4)ncc23)CC1. The fourth-order valence-corrected chi connectivity index (χ4v) is 5.66. The van der Waals surface area contributed by atoms with Gasteiger partial charge in [-0.05, 0) is 52.6 Å². The van der Waals surface area contributed by atoms with E-state index in [0.29, 0.717) is 18.6 Å². The highest BCUT2D eigenvalue weighted by molar-refractivity contribution is 5.33. The third kappa shape index (κ3) is 3.22. The van der Waals surface area contributed by atoms with Gasteiger partial charge in [0.15, 0.2) is 0 Å². The minimum Gasteiger partial charge on any atom is -0.361 e. The van der Waals surface area contributed by atoms with Crippen LogP contribution in [0, 0.1) is 0 Å². The van der Waals surface area contributed by atoms with Crippen molar-refractivity contribution in [3.63, 3.8) is 0 Å². The minimum absolute atomic E-state index is 0.115. The van der Waals surface area contributed by atoms with Crippen molar-refractivity contribution in [2.45, 2.75) is 89.0 Å². The second-order valence-corrected chi connectivity index (χ2v) is 9.47. The molecule has 5 heteroatoms. The van der Waals surface area contributed by atoms with Crippen molar-refractivity contribution >= 4 is 0 Å². The van der Waals surface area contributed by atoms with Crippen LogP contribution < -0.4 is 0 Å². The Hall–Kier alpha value is -1.04. The highest BCUT2D eigenvalue weighted by Gasteiger charge is 2.52. The monoisotopic (exact) mass is 370 g/mol. The summed E-state index contributed by atoms with van der Waals surface area (Å²) in [5.41, 5.74) is 2.33. The molecule has 148 valence electrons. The predicted octanol–water partition coefficient (Wildman–Crippen LogP) is 3.44. The van der Waals surface area contributed by atoms with E-state index >= 15 is 0 Å². The molecule has 3 fully saturated rings. The first-order valence-electron chi connectivity index (χ1n) is 11.1. The van der Waals surface area contributed by atoms with Crippen molar-refractivity contribution in [2.24, 2.45) is 0 Å². The highest BCUT2D eigenvalue weighted by atomic mass is 16.5. The minimum atomic E-state index is -0.115. The zero-order chi connectivity index (χ0) is 18.4. The van der Waals surface area contributed by atoms with Gasteiger partial charge in [-0.2, -0.15) is 0 Å². The van der Waals surface area contributed by atoms with E-state index in [-0.39, 0.29) is 5.60 Å². The number of hydrogen-bond acceptors (Lipinski definition) is 5. The average molecular weight is 371 g/mol. The molecule has 2 saturated heterocycles. The van der Waals surface area contributed by atoms with Gasteiger partial charge in [0.1, 0.15) is 11.4 Å². The Bertz CT molecular complexity index is 671. The van der Waals surface area contributed by atoms with Crippen LogP contribution in [0.3, 0.4) is 0 Å². The lowest BCUT2D eigenvalue weighted by molar-refractivity contribution is -0.160. The fraction of sp³-hybridized carbons (Fsp3) is 0.818. The smallest absolute Gasteiger partial charge is 0.131 e. The molecular formula is C22H34N4O. The number of aromatic nitrogens is 2. The van der Waals surface area contributed by atoms with E-state index in [1.807, 2.05) is 0 Å². The molecule has 4 heterocycles. The lowest BCUT2D eigenvalue weighted by Crippen LogP contribution is -2.64. The van der Waals surface area contributed by atoms with E-state index in [1.165, 1.54) is 69.3 Å². The van der Waals surface area contributed by atoms with Gasteiger partial charge in [0.05, 0.1) is 12.3 Å². The third-order valence-corrected chi connectivity index (χ3v) is 7.50. The molecule has 1 aliphatic carbocycles. The molecule has 5 nitrogen and oxygen atoms in total. The molecule has 0 aromatic carbocycles. The Balaban J connectivity index is 1.23. The van der Waals surface area contributed by atoms with Gasteiger partial charge < -0.3 is 9.64 Å². The molecule has 0 N–H and O–H groups in total. The lowest BCUT2D eigenvalue weighted by Gasteiger charge is -2.52. The van der Waals surface area contributed by atoms with Gasteiger partial charge >= 0.3 is 0 Å². The molecule has 4 aliphatic rings. The largest absolute Gasteiger partial charge is 0.361 e. The van der Waals surface area contributed by atoms with Crippen molar-refractivity contribution in [1.82, 2.24) is 19.8 Å². The van der Waals surface area contributed by atoms with Gasteiger partial charge in [-0.3, -0.25) is 4.90 Å². The Morgan fingerprint density at radius 1 is 1.07 bits per heavy atom. The molecule has 0 amide bonds. The van der Waals surface area contributed by atoms with Crippen LogP contribution in [-0.2, 0) is 16.9 Å². The summed E-state index contributed by atoms with van der Waals surface area (Å²) in [6.07, 6.45) is 11.2. The van der Waals surface area contributed by atoms with Gasteiger partial charge in [-0.1, -0.05) is 19.3 Å². The first-order chi connectivity index (χ1) is 13.1. The molecule has 0 bridgehead atoms. The van der Waals surface area contributed by atoms with Crippen LogP contribution in [0.5, 0.6) is 0 Å². The van der Waals surface area contributed by atoms with Crippen molar-refractivity contribution in [3.8, 4) is 0 Å². The molecule has 1 spiro atoms. The van der Waals surface area contributed by atoms with Gasteiger partial charge in [-0.25, -0.2) is 9.97 Å². The fourth-order valence-electron chi connectivity index (χ4n) is 5.66. The summed E-state index contributed by atoms with van der Waals surface area (Å²) in [6, 6.07) is 1.40. The Labute approximate surface area is 163 Å². The standard InChI is InChI=1S/C22H34N4O/c1-16(2)25-10-8-18(9-11-25)26-14-22(15-26)19-12-23-21(24-20(19)13-27-22)17-6-4-3-5-7-17/h12,16-18H,3-11,13-15H2,1-2H3. The van der Waals surface area contributed by atoms with E-state index in [4.69, 9.17) is 14.7 Å². The summed E-state index contributed by atoms with van der Waals surface area (Å²) in [5, 5.41) is 0. The van der Waals surface area contributed by atoms with Crippen LogP contribution in [-0.4, -0.2) is 58.0 Å². The topological polar surface area (TPSA) is 41.5 Å². The maximum absolute atomic E-state index is 6.32. The number of likely N-dealkylation sites (tertiary alicyclic amines) is 2. The van der Waals surface area contributed by atoms with Crippen LogP contribution >= 0.6 is 0 Å². The van der Waals surface area contributed by atoms with Crippen LogP contribution in [0.15, 0.2) is 6.20 Å². The molecule has 27 heavy (non-hydrogen) atoms. The maximum atomic E-state index is 6.32. The Kier molecular flexibility index (Phi) is 4.73. The number of hydrogen-bond donors (Lipinski definition) is 0. The van der Waals surface area contributed by atoms with Gasteiger partial charge in [0.25, 0.3) is 0 Å². The van der Waals surface area contributed by atoms with Crippen LogP contribution in [0.1, 0.15) is 81.8 Å². The highest BCUT2D eigenvalue weighted by Crippen LogP contribution is 2.45. The lowest BCUT2D eigenvalue weighted by atomic mass is 9.84. The second-order valence-electron chi connectivity index (χ2n) is 9.47. The van der Waals surface area contributed by atoms with Crippen LogP contribution in [0.4, 0.5) is 0 Å². The average Bonchev–Trinajstić information content (AvgIpc) is 3.06. The first kappa shape index (κ1) is 18.0. The molecule has 5 rings (SSSR count). The summed E-state index contributed by atoms with van der Waals surface area (Å²) in [6.45, 7) is 9.82. The molecule has 0 radical (unpaired) electrons. The number of rotatable bonds is 3. The first-order valence-corrected chi connectivity index (χ1v) is 11.1. The van der Waals surface area contributed by atoms with E-state index < -0.39 is 0 Å². The summed E-state index contributed by atoms with van der Waals surface area (Å²) in [5.74, 6) is 1.65. The maximum Gasteiger partial charge on any atom is 0.131 e. The predicted molar refractivity (Wildman–Crippen MR) is 106 cm³/mol. The van der Waals surface area contributed by atoms with E-state index in [1.54, 1.807) is 0 Å². The molecule has 1 aromatic rings. The van der Waals surface area contributed by atoms with E-state index in [0.717, 1.165) is 25.0 Å². The molecule has 1 aromatic heterocycles. The molecule has 3 aliphatic heterocycles. The quantitative estimate of drug-likeness (QED) is 0.815. The van der Waals surface area contributed by atoms with Crippen molar-refractivity contribution < 1.29 is 4.74 Å². The molecular weight excluding hydrogens is 336 g/mol. The number of fused-ring (bicyclic) bond motifs is 2. The van der Waals surface area contributed by atoms with Crippen molar-refractivity contribution in [2.75, 3.05) is 26.2 Å². The van der Waals surface area contributed by atoms with Crippen LogP contribution in [0.2, 0.25) is 0 Å². The third-order valence-electron chi connectivity index (χ3n) is 7.50. The Morgan fingerprint density at radius 2 is 1.81 bits per heavy atom. The van der Waals surface area contributed by atoms with Crippen molar-refractivity contribution in [3.05, 3.63) is 23.3 Å². The summed E-state index contributed by atoms with van der Waals surface area (Å²) in [7, 11) is 0. The molecule has 0 atom stereocenters. The van der Waals surface area contributed by atoms with Crippen LogP contribution in [0.25, 0.3) is 0 Å². The summed E-state index contributed by atoms with van der Waals surface area (Å²) < 4.78 is 6.32. The zero-order valence-electron chi connectivity index (χ0n) is 17.0. The number of nitrogens with zero attached hydrogens (tertiary/aromatic N) is 4. The van der Waals surface area contributed by atoms with Gasteiger partial charge in [-0.15, -0.1) is 0 Å². The summed E-state index contributed by atoms with van der Waals surface area (Å²) in [4.78, 5) is 15.0. The number of ether oxygens (including phenoxy) is 1. The molecule has 1 saturated carbocycles. The van der Waals surface area contributed by atoms with E-state index in [2.05, 4.69) is 29.8 Å². The van der Waals surface area contributed by atoms with Crippen molar-refractivity contribution in [1.29, 1.82) is 0 Å². The molecule has 0 unspecified atom stereocenters. The normalized spacial score (nSPS) is 27.2. The number of piperidine rings is 1. The second kappa shape index (κ2) is 7.09. The van der Waals surface area contributed by atoms with Gasteiger partial charge in [0, 0.05) is 42.9 Å². The zero-order valence-corrected chi connectivity index (χ0v) is 17.0.